The molecule has 3 nitrogen and oxygen atoms in total. The molecule has 0 spiro atoms. The van der Waals surface area contributed by atoms with Crippen molar-refractivity contribution in [2.75, 3.05) is 0 Å². The Labute approximate surface area is 57.1 Å². The van der Waals surface area contributed by atoms with Gasteiger partial charge in [-0.1, -0.05) is 0 Å². The Balaban J connectivity index is -0.0000000150. The van der Waals surface area contributed by atoms with Crippen molar-refractivity contribution in [3.05, 3.63) is 0 Å². The molecule has 0 fully saturated rings. The first-order chi connectivity index (χ1) is 1.73. The van der Waals surface area contributed by atoms with Crippen LogP contribution in [0.5, 0.6) is 0 Å². The molecule has 0 amide bonds. The summed E-state index contributed by atoms with van der Waals surface area (Å²) in [6, 6.07) is 0. The standard InChI is InChI=1S/Na.H2O3S/c;1-4(2)3/h;(H2,1,2,3)/q+1;/p+2. The third kappa shape index (κ3) is 41.7. The number of hydrogen-bond donors (Lipinski definition) is 2. The molecule has 26 valence electrons. The molecule has 5 heavy (non-hydrogen) atoms. The molecule has 0 atom stereocenters. The third-order valence-corrected chi connectivity index (χ3v) is 0. The molecule has 0 saturated carbocycles. The largest absolute Gasteiger partial charge is 1.00 e. The second kappa shape index (κ2) is 5.07. The van der Waals surface area contributed by atoms with Crippen LogP contribution in [0.3, 0.4) is 0 Å². The molecule has 0 radical (unpaired) electrons. The van der Waals surface area contributed by atoms with Crippen LogP contribution >= 0.6 is 0 Å². The molecule has 2 N–H and O–H groups in total. The van der Waals surface area contributed by atoms with E-state index < -0.39 is 11.4 Å². The van der Waals surface area contributed by atoms with Crippen molar-refractivity contribution in [3.8, 4) is 0 Å². The second-order valence-corrected chi connectivity index (χ2v) is 0.692. The summed E-state index contributed by atoms with van der Waals surface area (Å²) in [4.78, 5) is 0. The van der Waals surface area contributed by atoms with Gasteiger partial charge in [-0.3, -0.25) is 9.11 Å². The normalized spacial score (nSPS) is 7.00. The van der Waals surface area contributed by atoms with Gasteiger partial charge in [-0.2, -0.15) is 4.21 Å². The molecule has 0 aromatic carbocycles. The van der Waals surface area contributed by atoms with Gasteiger partial charge in [0, 0.05) is 0 Å². The molecule has 0 heterocycles. The van der Waals surface area contributed by atoms with E-state index in [4.69, 9.17) is 13.3 Å². The summed E-state index contributed by atoms with van der Waals surface area (Å²) in [6.45, 7) is 0. The van der Waals surface area contributed by atoms with Crippen molar-refractivity contribution in [1.82, 2.24) is 0 Å². The van der Waals surface area contributed by atoms with E-state index in [1.54, 1.807) is 0 Å². The maximum atomic E-state index is 8.67. The van der Waals surface area contributed by atoms with Crippen LogP contribution in [-0.2, 0) is 11.4 Å². The molecule has 0 aromatic rings. The van der Waals surface area contributed by atoms with Crippen LogP contribution in [0.1, 0.15) is 2.85 Å². The fourth-order valence-corrected chi connectivity index (χ4v) is 0. The van der Waals surface area contributed by atoms with Gasteiger partial charge in [0.1, 0.15) is 0 Å². The number of rotatable bonds is 0. The van der Waals surface area contributed by atoms with E-state index in [1.807, 2.05) is 0 Å². The second-order valence-electron chi connectivity index (χ2n) is 0.231. The molecule has 5 heteroatoms. The van der Waals surface area contributed by atoms with E-state index in [2.05, 4.69) is 0 Å². The summed E-state index contributed by atoms with van der Waals surface area (Å²) >= 11 is -2.61. The third-order valence-electron chi connectivity index (χ3n) is 0. The monoisotopic (exact) mass is 107 g/mol. The molecule has 0 bridgehead atoms. The molecular formula is H4NaO3S+3. The van der Waals surface area contributed by atoms with Crippen molar-refractivity contribution in [1.29, 1.82) is 0 Å². The van der Waals surface area contributed by atoms with Crippen LogP contribution in [0, 0.1) is 0 Å². The summed E-state index contributed by atoms with van der Waals surface area (Å²) in [5.41, 5.74) is 0. The fourth-order valence-electron chi connectivity index (χ4n) is 0. The number of hydrogen-bond acceptors (Lipinski definition) is 1. The molecular weight excluding hydrogens is 103 g/mol. The van der Waals surface area contributed by atoms with Gasteiger partial charge in [0.2, 0.25) is 0 Å². The molecule has 0 rings (SSSR count). The summed E-state index contributed by atoms with van der Waals surface area (Å²) in [6.07, 6.45) is 0. The Kier molecular flexibility index (Phi) is 9.55. The van der Waals surface area contributed by atoms with Crippen LogP contribution in [0.2, 0.25) is 0 Å². The van der Waals surface area contributed by atoms with Crippen molar-refractivity contribution in [3.63, 3.8) is 0 Å². The predicted octanol–water partition coefficient (Wildman–Crippen LogP) is -3.09. The minimum Gasteiger partial charge on any atom is -0.284 e. The van der Waals surface area contributed by atoms with Gasteiger partial charge in [0.25, 0.3) is 11.4 Å². The summed E-state index contributed by atoms with van der Waals surface area (Å²) in [7, 11) is 0. The Morgan fingerprint density at radius 2 is 1.60 bits per heavy atom. The Bertz CT molecular complexity index is 35.9. The van der Waals surface area contributed by atoms with Crippen LogP contribution in [0.4, 0.5) is 0 Å². The van der Waals surface area contributed by atoms with Crippen molar-refractivity contribution < 1.29 is 45.7 Å². The zero-order valence-corrected chi connectivity index (χ0v) is 5.53. The zero-order chi connectivity index (χ0) is 3.58. The van der Waals surface area contributed by atoms with Gasteiger partial charge in [-0.25, -0.2) is 0 Å². The smallest absolute Gasteiger partial charge is 0.284 e. The fraction of sp³-hybridized carbons (Fsp3) is 0. The van der Waals surface area contributed by atoms with Crippen LogP contribution in [0.25, 0.3) is 0 Å². The van der Waals surface area contributed by atoms with E-state index in [-0.39, 0.29) is 32.4 Å². The summed E-state index contributed by atoms with van der Waals surface area (Å²) < 4.78 is 22.8. The average molecular weight is 107 g/mol. The van der Waals surface area contributed by atoms with E-state index >= 15 is 0 Å². The summed E-state index contributed by atoms with van der Waals surface area (Å²) in [5, 5.41) is 0. The van der Waals surface area contributed by atoms with Gasteiger partial charge in [0.15, 0.2) is 0 Å². The Morgan fingerprint density at radius 3 is 1.60 bits per heavy atom. The van der Waals surface area contributed by atoms with Gasteiger partial charge in [0.05, 0.1) is 0 Å². The van der Waals surface area contributed by atoms with E-state index in [0.717, 1.165) is 0 Å². The maximum Gasteiger partial charge on any atom is 1.00 e. The molecule has 0 unspecified atom stereocenters. The molecule has 0 aromatic heterocycles. The Morgan fingerprint density at radius 1 is 1.60 bits per heavy atom. The molecule has 0 aliphatic rings. The van der Waals surface area contributed by atoms with Gasteiger partial charge < -0.3 is 0 Å². The van der Waals surface area contributed by atoms with Crippen LogP contribution < -0.4 is 29.6 Å². The predicted molar refractivity (Wildman–Crippen MR) is 15.6 cm³/mol. The SMILES string of the molecule is O=S(O)O.[H+].[H+].[Na+]. The summed E-state index contributed by atoms with van der Waals surface area (Å²) in [5.74, 6) is 0. The first kappa shape index (κ1) is 9.42. The zero-order valence-electron chi connectivity index (χ0n) is 4.71. The average Bonchev–Trinajstić information content (AvgIpc) is 0.811. The first-order valence-corrected chi connectivity index (χ1v) is 1.60. The quantitative estimate of drug-likeness (QED) is 0.255. The van der Waals surface area contributed by atoms with E-state index in [0.29, 0.717) is 0 Å². The molecule has 0 aliphatic carbocycles. The van der Waals surface area contributed by atoms with E-state index in [1.165, 1.54) is 0 Å². The molecule has 0 aliphatic heterocycles. The van der Waals surface area contributed by atoms with Gasteiger partial charge in [-0.15, -0.1) is 0 Å². The maximum absolute atomic E-state index is 8.67. The topological polar surface area (TPSA) is 57.5 Å². The minimum absolute atomic E-state index is 0. The van der Waals surface area contributed by atoms with Crippen molar-refractivity contribution in [2.24, 2.45) is 0 Å². The van der Waals surface area contributed by atoms with Crippen LogP contribution in [-0.4, -0.2) is 13.3 Å². The van der Waals surface area contributed by atoms with Crippen molar-refractivity contribution >= 4 is 11.4 Å². The van der Waals surface area contributed by atoms with Gasteiger partial charge in [-0.05, 0) is 0 Å². The molecule has 0 saturated heterocycles. The van der Waals surface area contributed by atoms with E-state index in [9.17, 15) is 0 Å². The van der Waals surface area contributed by atoms with Crippen molar-refractivity contribution in [2.45, 2.75) is 0 Å². The van der Waals surface area contributed by atoms with Gasteiger partial charge >= 0.3 is 32.4 Å². The first-order valence-electron chi connectivity index (χ1n) is 0.532. The van der Waals surface area contributed by atoms with Crippen LogP contribution in [0.15, 0.2) is 0 Å². The minimum atomic E-state index is -2.61. The Hall–Kier alpha value is 1.07.